The van der Waals surface area contributed by atoms with Gasteiger partial charge in [0, 0.05) is 27.7 Å². The molecular formula is C16H18N2OS3. The molecule has 1 saturated heterocycles. The highest BCUT2D eigenvalue weighted by atomic mass is 32.2. The summed E-state index contributed by atoms with van der Waals surface area (Å²) in [6.07, 6.45) is 0. The normalized spacial score (nSPS) is 18.2. The van der Waals surface area contributed by atoms with E-state index in [9.17, 15) is 4.79 Å². The minimum Gasteiger partial charge on any atom is -0.301 e. The number of nitrogens with one attached hydrogen (secondary N) is 1. The van der Waals surface area contributed by atoms with Gasteiger partial charge in [0.2, 0.25) is 5.91 Å². The zero-order valence-electron chi connectivity index (χ0n) is 12.6. The lowest BCUT2D eigenvalue weighted by atomic mass is 10.1. The number of rotatable bonds is 3. The molecule has 0 saturated carbocycles. The monoisotopic (exact) mass is 350 g/mol. The number of hydrogen-bond acceptors (Lipinski definition) is 5. The van der Waals surface area contributed by atoms with Gasteiger partial charge >= 0.3 is 0 Å². The first-order chi connectivity index (χ1) is 10.6. The van der Waals surface area contributed by atoms with Crippen LogP contribution in [-0.2, 0) is 4.79 Å². The van der Waals surface area contributed by atoms with Gasteiger partial charge in [0.15, 0.2) is 5.13 Å². The van der Waals surface area contributed by atoms with Gasteiger partial charge in [0.05, 0.1) is 10.9 Å². The lowest BCUT2D eigenvalue weighted by Gasteiger charge is -2.19. The standard InChI is InChI=1S/C16H18N2OS3/c1-10-3-5-12(6-4-10)14-11(2)22-16(17-14)18-15(19)13-9-20-7-8-21-13/h3-6,13H,7-9H2,1-2H3,(H,17,18,19). The molecular weight excluding hydrogens is 332 g/mol. The van der Waals surface area contributed by atoms with E-state index in [1.165, 1.54) is 5.56 Å². The highest BCUT2D eigenvalue weighted by Gasteiger charge is 2.23. The Labute approximate surface area is 143 Å². The molecule has 1 aliphatic rings. The van der Waals surface area contributed by atoms with E-state index in [0.29, 0.717) is 5.13 Å². The van der Waals surface area contributed by atoms with E-state index >= 15 is 0 Å². The number of aryl methyl sites for hydroxylation is 2. The maximum Gasteiger partial charge on any atom is 0.240 e. The number of nitrogens with zero attached hydrogens (tertiary/aromatic N) is 1. The third-order valence-electron chi connectivity index (χ3n) is 3.46. The largest absolute Gasteiger partial charge is 0.301 e. The average molecular weight is 351 g/mol. The summed E-state index contributed by atoms with van der Waals surface area (Å²) in [5.41, 5.74) is 3.30. The van der Waals surface area contributed by atoms with Crippen molar-refractivity contribution in [3.8, 4) is 11.3 Å². The Hall–Kier alpha value is -0.980. The molecule has 1 atom stereocenters. The van der Waals surface area contributed by atoms with E-state index in [4.69, 9.17) is 0 Å². The zero-order chi connectivity index (χ0) is 15.5. The maximum atomic E-state index is 12.3. The number of carbonyl (C=O) groups excluding carboxylic acids is 1. The number of hydrogen-bond donors (Lipinski definition) is 1. The Kier molecular flexibility index (Phi) is 5.10. The van der Waals surface area contributed by atoms with E-state index < -0.39 is 0 Å². The zero-order valence-corrected chi connectivity index (χ0v) is 15.0. The van der Waals surface area contributed by atoms with E-state index in [-0.39, 0.29) is 11.2 Å². The Bertz CT molecular complexity index is 661. The molecule has 1 unspecified atom stereocenters. The van der Waals surface area contributed by atoms with Crippen LogP contribution in [-0.4, -0.2) is 33.4 Å². The van der Waals surface area contributed by atoms with E-state index in [0.717, 1.165) is 33.4 Å². The van der Waals surface area contributed by atoms with Gasteiger partial charge in [-0.3, -0.25) is 4.79 Å². The van der Waals surface area contributed by atoms with Crippen LogP contribution in [0.25, 0.3) is 11.3 Å². The predicted octanol–water partition coefficient (Wildman–Crippen LogP) is 4.21. The Morgan fingerprint density at radius 2 is 2.00 bits per heavy atom. The number of carbonyl (C=O) groups is 1. The molecule has 1 aromatic carbocycles. The SMILES string of the molecule is Cc1ccc(-c2nc(NC(=O)C3CSCCS3)sc2C)cc1. The first kappa shape index (κ1) is 15.9. The molecule has 3 nitrogen and oxygen atoms in total. The summed E-state index contributed by atoms with van der Waals surface area (Å²) in [5, 5.41) is 3.74. The van der Waals surface area contributed by atoms with E-state index in [1.807, 2.05) is 18.7 Å². The van der Waals surface area contributed by atoms with E-state index in [1.54, 1.807) is 23.1 Å². The van der Waals surface area contributed by atoms with Gasteiger partial charge in [-0.15, -0.1) is 23.1 Å². The van der Waals surface area contributed by atoms with Crippen LogP contribution in [0.4, 0.5) is 5.13 Å². The molecule has 6 heteroatoms. The van der Waals surface area contributed by atoms with Crippen molar-refractivity contribution in [2.45, 2.75) is 19.1 Å². The summed E-state index contributed by atoms with van der Waals surface area (Å²) in [4.78, 5) is 18.0. The molecule has 1 amide bonds. The first-order valence-corrected chi connectivity index (χ1v) is 10.2. The summed E-state index contributed by atoms with van der Waals surface area (Å²) < 4.78 is 0. The van der Waals surface area contributed by atoms with Gasteiger partial charge in [0.25, 0.3) is 0 Å². The number of thiazole rings is 1. The van der Waals surface area contributed by atoms with Crippen molar-refractivity contribution < 1.29 is 4.79 Å². The number of amides is 1. The fraction of sp³-hybridized carbons (Fsp3) is 0.375. The van der Waals surface area contributed by atoms with Crippen LogP contribution in [0, 0.1) is 13.8 Å². The number of benzene rings is 1. The smallest absolute Gasteiger partial charge is 0.240 e. The minimum absolute atomic E-state index is 0.0470. The molecule has 1 fully saturated rings. The second-order valence-electron chi connectivity index (χ2n) is 5.21. The lowest BCUT2D eigenvalue weighted by molar-refractivity contribution is -0.115. The van der Waals surface area contributed by atoms with Crippen molar-refractivity contribution in [3.63, 3.8) is 0 Å². The van der Waals surface area contributed by atoms with Crippen LogP contribution >= 0.6 is 34.9 Å². The first-order valence-electron chi connectivity index (χ1n) is 7.18. The quantitative estimate of drug-likeness (QED) is 0.900. The molecule has 0 spiro atoms. The van der Waals surface area contributed by atoms with Gasteiger partial charge in [0.1, 0.15) is 0 Å². The van der Waals surface area contributed by atoms with Crippen LogP contribution in [0.2, 0.25) is 0 Å². The Morgan fingerprint density at radius 3 is 2.68 bits per heavy atom. The van der Waals surface area contributed by atoms with E-state index in [2.05, 4.69) is 41.5 Å². The molecule has 1 aliphatic heterocycles. The summed E-state index contributed by atoms with van der Waals surface area (Å²) in [6, 6.07) is 8.33. The maximum absolute atomic E-state index is 12.3. The molecule has 116 valence electrons. The Balaban J connectivity index is 1.74. The van der Waals surface area contributed by atoms with Gasteiger partial charge < -0.3 is 5.32 Å². The number of anilines is 1. The number of thioether (sulfide) groups is 2. The molecule has 0 bridgehead atoms. The molecule has 2 aromatic rings. The third-order valence-corrected chi connectivity index (χ3v) is 7.10. The second-order valence-corrected chi connectivity index (χ2v) is 8.88. The van der Waals surface area contributed by atoms with Crippen molar-refractivity contribution in [2.24, 2.45) is 0 Å². The minimum atomic E-state index is 0.0470. The van der Waals surface area contributed by atoms with Crippen LogP contribution < -0.4 is 5.32 Å². The summed E-state index contributed by atoms with van der Waals surface area (Å²) in [5.74, 6) is 3.17. The highest BCUT2D eigenvalue weighted by molar-refractivity contribution is 8.07. The van der Waals surface area contributed by atoms with Crippen molar-refractivity contribution in [1.29, 1.82) is 0 Å². The van der Waals surface area contributed by atoms with Crippen LogP contribution in [0.1, 0.15) is 10.4 Å². The van der Waals surface area contributed by atoms with Gasteiger partial charge in [-0.05, 0) is 13.8 Å². The molecule has 3 rings (SSSR count). The van der Waals surface area contributed by atoms with Crippen molar-refractivity contribution in [1.82, 2.24) is 4.98 Å². The lowest BCUT2D eigenvalue weighted by Crippen LogP contribution is -2.30. The average Bonchev–Trinajstić information content (AvgIpc) is 2.89. The second kappa shape index (κ2) is 7.06. The van der Waals surface area contributed by atoms with Crippen molar-refractivity contribution >= 4 is 45.9 Å². The highest BCUT2D eigenvalue weighted by Crippen LogP contribution is 2.31. The number of aromatic nitrogens is 1. The fourth-order valence-corrected chi connectivity index (χ4v) is 5.65. The topological polar surface area (TPSA) is 42.0 Å². The van der Waals surface area contributed by atoms with Crippen molar-refractivity contribution in [3.05, 3.63) is 34.7 Å². The molecule has 2 heterocycles. The van der Waals surface area contributed by atoms with Crippen molar-refractivity contribution in [2.75, 3.05) is 22.6 Å². The fourth-order valence-electron chi connectivity index (χ4n) is 2.25. The molecule has 22 heavy (non-hydrogen) atoms. The third kappa shape index (κ3) is 3.67. The van der Waals surface area contributed by atoms with Crippen LogP contribution in [0.15, 0.2) is 24.3 Å². The van der Waals surface area contributed by atoms with Crippen LogP contribution in [0.3, 0.4) is 0 Å². The summed E-state index contributed by atoms with van der Waals surface area (Å²) >= 11 is 5.14. The molecule has 0 aliphatic carbocycles. The summed E-state index contributed by atoms with van der Waals surface area (Å²) in [7, 11) is 0. The molecule has 1 N–H and O–H groups in total. The van der Waals surface area contributed by atoms with Gasteiger partial charge in [-0.2, -0.15) is 11.8 Å². The van der Waals surface area contributed by atoms with Gasteiger partial charge in [-0.25, -0.2) is 4.98 Å². The van der Waals surface area contributed by atoms with Crippen LogP contribution in [0.5, 0.6) is 0 Å². The molecule has 0 radical (unpaired) electrons. The predicted molar refractivity (Wildman–Crippen MR) is 99.2 cm³/mol. The molecule has 1 aromatic heterocycles. The van der Waals surface area contributed by atoms with Gasteiger partial charge in [-0.1, -0.05) is 29.8 Å². The Morgan fingerprint density at radius 1 is 1.23 bits per heavy atom. The summed E-state index contributed by atoms with van der Waals surface area (Å²) in [6.45, 7) is 4.12.